The van der Waals surface area contributed by atoms with Gasteiger partial charge < -0.3 is 9.80 Å². The average Bonchev–Trinajstić information content (AvgIpc) is 2.67. The van der Waals surface area contributed by atoms with E-state index in [0.717, 1.165) is 22.1 Å². The maximum Gasteiger partial charge on any atom is 0.113 e. The van der Waals surface area contributed by atoms with E-state index in [0.29, 0.717) is 0 Å². The lowest BCUT2D eigenvalue weighted by Gasteiger charge is -2.24. The summed E-state index contributed by atoms with van der Waals surface area (Å²) in [4.78, 5) is 4.55. The largest absolute Gasteiger partial charge is 0.305 e. The molecule has 0 aliphatic heterocycles. The third kappa shape index (κ3) is 5.52. The monoisotopic (exact) mass is 401 g/mol. The van der Waals surface area contributed by atoms with Crippen LogP contribution in [-0.2, 0) is 13.1 Å². The van der Waals surface area contributed by atoms with Gasteiger partial charge in [0.2, 0.25) is 0 Å². The van der Waals surface area contributed by atoms with Crippen molar-refractivity contribution in [2.45, 2.75) is 13.1 Å². The minimum atomic E-state index is -0.927. The van der Waals surface area contributed by atoms with Crippen LogP contribution in [0.5, 0.6) is 0 Å². The van der Waals surface area contributed by atoms with Crippen molar-refractivity contribution in [1.82, 2.24) is 9.80 Å². The van der Waals surface area contributed by atoms with Gasteiger partial charge in [0, 0.05) is 13.1 Å². The topological polar surface area (TPSA) is 6.48 Å². The zero-order chi connectivity index (χ0) is 19.9. The van der Waals surface area contributed by atoms with Crippen LogP contribution in [0.15, 0.2) is 78.9 Å². The fraction of sp³-hybridized carbons (Fsp3) is 0.250. The zero-order valence-electron chi connectivity index (χ0n) is 17.3. The summed E-state index contributed by atoms with van der Waals surface area (Å²) < 4.78 is 0. The summed E-state index contributed by atoms with van der Waals surface area (Å²) in [6, 6.07) is 29.2. The van der Waals surface area contributed by atoms with E-state index in [9.17, 15) is 0 Å². The molecule has 0 saturated carbocycles. The second-order valence-corrected chi connectivity index (χ2v) is 12.6. The molecule has 4 heteroatoms. The predicted molar refractivity (Wildman–Crippen MR) is 125 cm³/mol. The zero-order valence-corrected chi connectivity index (χ0v) is 19.3. The molecule has 3 aromatic rings. The molecule has 0 N–H and O–H groups in total. The molecule has 143 valence electrons. The van der Waals surface area contributed by atoms with Crippen molar-refractivity contribution in [2.24, 2.45) is 0 Å². The number of nitrogens with zero attached hydrogens (tertiary/aromatic N) is 2. The van der Waals surface area contributed by atoms with E-state index < -0.39 is 8.31 Å². The van der Waals surface area contributed by atoms with Gasteiger partial charge in [-0.2, -0.15) is 0 Å². The molecule has 28 heavy (non-hydrogen) atoms. The Hall–Kier alpha value is -1.99. The first-order chi connectivity index (χ1) is 13.5. The third-order valence-corrected chi connectivity index (χ3v) is 10.7. The minimum absolute atomic E-state index is 0.801. The van der Waals surface area contributed by atoms with Crippen molar-refractivity contribution in [3.8, 4) is 0 Å². The lowest BCUT2D eigenvalue weighted by molar-refractivity contribution is 0.403. The summed E-state index contributed by atoms with van der Waals surface area (Å²) in [5.74, 6) is 0. The molecule has 0 aromatic heterocycles. The first-order valence-corrected chi connectivity index (χ1v) is 13.2. The molecule has 0 bridgehead atoms. The van der Waals surface area contributed by atoms with Crippen molar-refractivity contribution in [3.63, 3.8) is 0 Å². The van der Waals surface area contributed by atoms with Crippen molar-refractivity contribution < 1.29 is 0 Å². The summed E-state index contributed by atoms with van der Waals surface area (Å²) >= 11 is 0. The third-order valence-electron chi connectivity index (χ3n) is 4.59. The minimum Gasteiger partial charge on any atom is -0.305 e. The molecule has 0 amide bonds. The van der Waals surface area contributed by atoms with Crippen LogP contribution >= 0.6 is 0 Å². The van der Waals surface area contributed by atoms with Crippen molar-refractivity contribution in [2.75, 3.05) is 28.2 Å². The van der Waals surface area contributed by atoms with Crippen molar-refractivity contribution in [3.05, 3.63) is 90.0 Å². The van der Waals surface area contributed by atoms with Crippen molar-refractivity contribution >= 4 is 32.9 Å². The Balaban J connectivity index is 2.10. The summed E-state index contributed by atoms with van der Waals surface area (Å²) in [7, 11) is 8.50. The molecule has 0 aliphatic rings. The van der Waals surface area contributed by atoms with Gasteiger partial charge in [0.05, 0.1) is 9.04 Å². The van der Waals surface area contributed by atoms with E-state index in [1.54, 1.807) is 10.4 Å². The molecular formula is C24H29N2Si2. The van der Waals surface area contributed by atoms with E-state index in [2.05, 4.69) is 117 Å². The molecule has 0 aliphatic carbocycles. The predicted octanol–water partition coefficient (Wildman–Crippen LogP) is 1.95. The number of benzene rings is 3. The molecule has 3 rings (SSSR count). The highest BCUT2D eigenvalue weighted by Crippen LogP contribution is 2.06. The van der Waals surface area contributed by atoms with Crippen LogP contribution in [0.25, 0.3) is 0 Å². The van der Waals surface area contributed by atoms with E-state index in [-0.39, 0.29) is 0 Å². The Kier molecular flexibility index (Phi) is 7.39. The van der Waals surface area contributed by atoms with E-state index >= 15 is 0 Å². The SMILES string of the molecule is CN(C)Cc1ccccc1[Si]([Si]c1ccccc1)c1ccccc1CN(C)C. The molecule has 0 heterocycles. The molecule has 3 radical (unpaired) electrons. The molecule has 0 unspecified atom stereocenters. The van der Waals surface area contributed by atoms with Gasteiger partial charge in [-0.15, -0.1) is 0 Å². The Labute approximate surface area is 174 Å². The molecule has 0 spiro atoms. The maximum atomic E-state index is 2.37. The average molecular weight is 402 g/mol. The molecule has 3 aromatic carbocycles. The van der Waals surface area contributed by atoms with Crippen LogP contribution in [0.1, 0.15) is 11.1 Å². The number of rotatable bonds is 8. The normalized spacial score (nSPS) is 11.5. The van der Waals surface area contributed by atoms with Gasteiger partial charge in [-0.3, -0.25) is 0 Å². The molecular weight excluding hydrogens is 372 g/mol. The van der Waals surface area contributed by atoms with Crippen LogP contribution in [0.4, 0.5) is 0 Å². The van der Waals surface area contributed by atoms with Crippen LogP contribution < -0.4 is 15.6 Å². The van der Waals surface area contributed by atoms with Gasteiger partial charge >= 0.3 is 0 Å². The van der Waals surface area contributed by atoms with Gasteiger partial charge in [0.15, 0.2) is 0 Å². The van der Waals surface area contributed by atoms with Crippen LogP contribution in [-0.4, -0.2) is 55.3 Å². The van der Waals surface area contributed by atoms with Crippen LogP contribution in [0.2, 0.25) is 0 Å². The summed E-state index contributed by atoms with van der Waals surface area (Å²) in [6.07, 6.45) is 0. The van der Waals surface area contributed by atoms with Crippen LogP contribution in [0.3, 0.4) is 0 Å². The molecule has 0 atom stereocenters. The highest BCUT2D eigenvalue weighted by atomic mass is 29.2. The Bertz CT molecular complexity index is 825. The number of hydrogen-bond acceptors (Lipinski definition) is 2. The van der Waals surface area contributed by atoms with E-state index in [1.807, 2.05) is 0 Å². The van der Waals surface area contributed by atoms with Gasteiger partial charge in [-0.1, -0.05) is 94.4 Å². The summed E-state index contributed by atoms with van der Waals surface area (Å²) in [6.45, 7) is 1.97. The van der Waals surface area contributed by atoms with Gasteiger partial charge in [0.25, 0.3) is 0 Å². The van der Waals surface area contributed by atoms with Gasteiger partial charge in [0.1, 0.15) is 8.31 Å². The van der Waals surface area contributed by atoms with Crippen LogP contribution in [0, 0.1) is 0 Å². The molecule has 2 nitrogen and oxygen atoms in total. The first kappa shape index (κ1) is 20.7. The standard InChI is InChI=1S/C24H29N2Si2/c1-25(2)18-20-12-8-10-16-23(20)28(27-22-14-6-5-7-15-22)24-17-11-9-13-21(24)19-26(3)4/h5-17H,18-19H2,1-4H3. The van der Waals surface area contributed by atoms with Crippen molar-refractivity contribution in [1.29, 1.82) is 0 Å². The van der Waals surface area contributed by atoms with Gasteiger partial charge in [-0.25, -0.2) is 0 Å². The van der Waals surface area contributed by atoms with E-state index in [4.69, 9.17) is 0 Å². The highest BCUT2D eigenvalue weighted by molar-refractivity contribution is 7.29. The highest BCUT2D eigenvalue weighted by Gasteiger charge is 2.23. The fourth-order valence-corrected chi connectivity index (χ4v) is 9.77. The second-order valence-electron chi connectivity index (χ2n) is 7.66. The maximum absolute atomic E-state index is 2.37. The molecule has 0 fully saturated rings. The summed E-state index contributed by atoms with van der Waals surface area (Å²) in [5, 5.41) is 4.56. The van der Waals surface area contributed by atoms with E-state index in [1.165, 1.54) is 16.3 Å². The first-order valence-electron chi connectivity index (χ1n) is 9.69. The lowest BCUT2D eigenvalue weighted by Crippen LogP contribution is -2.54. The Morgan fingerprint density at radius 1 is 0.607 bits per heavy atom. The molecule has 0 saturated heterocycles. The Morgan fingerprint density at radius 2 is 1.04 bits per heavy atom. The second kappa shape index (κ2) is 9.98. The smallest absolute Gasteiger partial charge is 0.113 e. The Morgan fingerprint density at radius 3 is 1.50 bits per heavy atom. The summed E-state index contributed by atoms with van der Waals surface area (Å²) in [5.41, 5.74) is 2.92. The van der Waals surface area contributed by atoms with Gasteiger partial charge in [-0.05, 0) is 39.3 Å². The fourth-order valence-electron chi connectivity index (χ4n) is 3.43. The quantitative estimate of drug-likeness (QED) is 0.532. The number of hydrogen-bond donors (Lipinski definition) is 0. The lowest BCUT2D eigenvalue weighted by atomic mass is 10.2.